The molecule has 0 radical (unpaired) electrons. The van der Waals surface area contributed by atoms with E-state index in [1.165, 1.54) is 18.2 Å². The van der Waals surface area contributed by atoms with E-state index in [9.17, 15) is 24.5 Å². The summed E-state index contributed by atoms with van der Waals surface area (Å²) < 4.78 is 5.24. The predicted molar refractivity (Wildman–Crippen MR) is 89.0 cm³/mol. The highest BCUT2D eigenvalue weighted by molar-refractivity contribution is 6.08. The zero-order chi connectivity index (χ0) is 19.1. The molecule has 1 aromatic carbocycles. The van der Waals surface area contributed by atoms with Crippen LogP contribution < -0.4 is 5.32 Å². The van der Waals surface area contributed by atoms with Crippen molar-refractivity contribution in [1.29, 1.82) is 0 Å². The zero-order valence-electron chi connectivity index (χ0n) is 14.4. The van der Waals surface area contributed by atoms with E-state index in [0.717, 1.165) is 17.7 Å². The molecule has 1 saturated carbocycles. The molecule has 2 fully saturated rings. The largest absolute Gasteiger partial charge is 0.456 e. The Balaban J connectivity index is 1.63. The smallest absolute Gasteiger partial charge is 0.326 e. The van der Waals surface area contributed by atoms with E-state index in [2.05, 4.69) is 5.32 Å². The third-order valence-electron chi connectivity index (χ3n) is 4.84. The number of rotatable bonds is 6. The van der Waals surface area contributed by atoms with E-state index in [4.69, 9.17) is 4.74 Å². The first-order chi connectivity index (χ1) is 12.2. The summed E-state index contributed by atoms with van der Waals surface area (Å²) in [6.45, 7) is 2.74. The molecule has 0 aromatic heterocycles. The van der Waals surface area contributed by atoms with Crippen LogP contribution in [0.1, 0.15) is 38.4 Å². The first kappa shape index (κ1) is 17.8. The van der Waals surface area contributed by atoms with Gasteiger partial charge in [0, 0.05) is 12.1 Å². The van der Waals surface area contributed by atoms with Gasteiger partial charge in [-0.1, -0.05) is 12.1 Å². The van der Waals surface area contributed by atoms with Crippen LogP contribution in [0.5, 0.6) is 0 Å². The molecule has 3 amide bonds. The maximum Gasteiger partial charge on any atom is 0.326 e. The van der Waals surface area contributed by atoms with Gasteiger partial charge in [0.25, 0.3) is 11.6 Å². The summed E-state index contributed by atoms with van der Waals surface area (Å²) in [4.78, 5) is 47.9. The Morgan fingerprint density at radius 1 is 1.46 bits per heavy atom. The maximum absolute atomic E-state index is 12.5. The van der Waals surface area contributed by atoms with Crippen LogP contribution in [-0.4, -0.2) is 39.8 Å². The summed E-state index contributed by atoms with van der Waals surface area (Å²) in [7, 11) is 0. The van der Waals surface area contributed by atoms with Gasteiger partial charge in [-0.05, 0) is 38.2 Å². The lowest BCUT2D eigenvalue weighted by Gasteiger charge is -2.21. The van der Waals surface area contributed by atoms with Crippen LogP contribution >= 0.6 is 0 Å². The van der Waals surface area contributed by atoms with Crippen LogP contribution in [0.4, 0.5) is 10.5 Å². The summed E-state index contributed by atoms with van der Waals surface area (Å²) >= 11 is 0. The number of nitrogens with one attached hydrogen (secondary N) is 1. The number of esters is 1. The van der Waals surface area contributed by atoms with Gasteiger partial charge in [0.15, 0.2) is 0 Å². The van der Waals surface area contributed by atoms with Gasteiger partial charge in [0.2, 0.25) is 0 Å². The Hall–Kier alpha value is -2.97. The fourth-order valence-electron chi connectivity index (χ4n) is 3.12. The molecule has 2 aliphatic rings. The highest BCUT2D eigenvalue weighted by Gasteiger charge is 2.56. The fourth-order valence-corrected chi connectivity index (χ4v) is 3.12. The van der Waals surface area contributed by atoms with Crippen molar-refractivity contribution in [3.8, 4) is 0 Å². The lowest BCUT2D eigenvalue weighted by atomic mass is 9.96. The molecule has 0 unspecified atom stereocenters. The van der Waals surface area contributed by atoms with Gasteiger partial charge in [0.1, 0.15) is 18.2 Å². The molecule has 26 heavy (non-hydrogen) atoms. The second-order valence-electron chi connectivity index (χ2n) is 6.78. The van der Waals surface area contributed by atoms with E-state index >= 15 is 0 Å². The molecule has 1 saturated heterocycles. The summed E-state index contributed by atoms with van der Waals surface area (Å²) in [5.41, 5.74) is -0.615. The van der Waals surface area contributed by atoms with Gasteiger partial charge in [-0.3, -0.25) is 24.6 Å². The second kappa shape index (κ2) is 6.40. The van der Waals surface area contributed by atoms with Crippen molar-refractivity contribution >= 4 is 23.6 Å². The molecule has 2 atom stereocenters. The molecular weight excluding hydrogens is 342 g/mol. The van der Waals surface area contributed by atoms with Gasteiger partial charge < -0.3 is 10.1 Å². The van der Waals surface area contributed by atoms with Crippen LogP contribution in [0.25, 0.3) is 0 Å². The van der Waals surface area contributed by atoms with E-state index < -0.39 is 41.0 Å². The Morgan fingerprint density at radius 2 is 2.15 bits per heavy atom. The normalized spacial score (nSPS) is 23.5. The Bertz CT molecular complexity index is 790. The van der Waals surface area contributed by atoms with Crippen LogP contribution in [0.15, 0.2) is 24.3 Å². The van der Waals surface area contributed by atoms with Gasteiger partial charge in [-0.15, -0.1) is 0 Å². The number of ether oxygens (including phenoxy) is 1. The standard InChI is InChI=1S/C17H19N3O6/c1-10(11-4-3-5-13(8-11)20(24)25)26-14(21)9-19-15(22)17(2,12-6-7-12)18-16(19)23/h3-5,8,10,12H,6-7,9H2,1-2H3,(H,18,23)/t10-,17-/m0/s1. The monoisotopic (exact) mass is 361 g/mol. The number of carbonyl (C=O) groups is 3. The number of nitro groups is 1. The van der Waals surface area contributed by atoms with E-state index in [1.807, 2.05) is 0 Å². The molecule has 3 rings (SSSR count). The highest BCUT2D eigenvalue weighted by atomic mass is 16.6. The van der Waals surface area contributed by atoms with Crippen LogP contribution in [0.3, 0.4) is 0 Å². The van der Waals surface area contributed by atoms with Gasteiger partial charge in [-0.25, -0.2) is 4.79 Å². The molecule has 1 aliphatic carbocycles. The van der Waals surface area contributed by atoms with Gasteiger partial charge in [-0.2, -0.15) is 0 Å². The fraction of sp³-hybridized carbons (Fsp3) is 0.471. The Morgan fingerprint density at radius 3 is 2.77 bits per heavy atom. The zero-order valence-corrected chi connectivity index (χ0v) is 14.4. The van der Waals surface area contributed by atoms with E-state index in [-0.39, 0.29) is 11.6 Å². The molecular formula is C17H19N3O6. The number of imide groups is 1. The average molecular weight is 361 g/mol. The number of hydrogen-bond donors (Lipinski definition) is 1. The van der Waals surface area contributed by atoms with Crippen LogP contribution in [0.2, 0.25) is 0 Å². The van der Waals surface area contributed by atoms with Gasteiger partial charge >= 0.3 is 12.0 Å². The van der Waals surface area contributed by atoms with Crippen molar-refractivity contribution in [2.75, 3.05) is 6.54 Å². The van der Waals surface area contributed by atoms with Crippen LogP contribution in [0, 0.1) is 16.0 Å². The quantitative estimate of drug-likeness (QED) is 0.358. The predicted octanol–water partition coefficient (Wildman–Crippen LogP) is 1.92. The maximum atomic E-state index is 12.5. The van der Waals surface area contributed by atoms with Crippen molar-refractivity contribution in [2.45, 2.75) is 38.3 Å². The summed E-state index contributed by atoms with van der Waals surface area (Å²) in [5, 5.41) is 13.5. The van der Waals surface area contributed by atoms with Crippen molar-refractivity contribution in [2.24, 2.45) is 5.92 Å². The molecule has 1 heterocycles. The number of amides is 3. The van der Waals surface area contributed by atoms with E-state index in [0.29, 0.717) is 5.56 Å². The first-order valence-corrected chi connectivity index (χ1v) is 8.30. The minimum absolute atomic E-state index is 0.101. The van der Waals surface area contributed by atoms with Crippen molar-refractivity contribution in [3.63, 3.8) is 0 Å². The second-order valence-corrected chi connectivity index (χ2v) is 6.78. The molecule has 138 valence electrons. The third-order valence-corrected chi connectivity index (χ3v) is 4.84. The number of urea groups is 1. The molecule has 0 spiro atoms. The molecule has 1 N–H and O–H groups in total. The lowest BCUT2D eigenvalue weighted by molar-refractivity contribution is -0.385. The summed E-state index contributed by atoms with van der Waals surface area (Å²) in [6, 6.07) is 5.14. The van der Waals surface area contributed by atoms with Gasteiger partial charge in [0.05, 0.1) is 4.92 Å². The summed E-state index contributed by atoms with van der Waals surface area (Å²) in [5.74, 6) is -1.08. The number of nitro benzene ring substituents is 1. The Kier molecular flexibility index (Phi) is 4.39. The minimum atomic E-state index is -0.955. The van der Waals surface area contributed by atoms with E-state index in [1.54, 1.807) is 19.9 Å². The lowest BCUT2D eigenvalue weighted by Crippen LogP contribution is -2.46. The van der Waals surface area contributed by atoms with Crippen LogP contribution in [-0.2, 0) is 14.3 Å². The third kappa shape index (κ3) is 3.24. The molecule has 1 aliphatic heterocycles. The van der Waals surface area contributed by atoms with Crippen molar-refractivity contribution < 1.29 is 24.0 Å². The number of benzene rings is 1. The molecule has 9 heteroatoms. The molecule has 9 nitrogen and oxygen atoms in total. The molecule has 1 aromatic rings. The Labute approximate surface area is 149 Å². The molecule has 0 bridgehead atoms. The van der Waals surface area contributed by atoms with Crippen molar-refractivity contribution in [3.05, 3.63) is 39.9 Å². The number of non-ortho nitro benzene ring substituents is 1. The number of carbonyl (C=O) groups excluding carboxylic acids is 3. The minimum Gasteiger partial charge on any atom is -0.456 e. The topological polar surface area (TPSA) is 119 Å². The highest BCUT2D eigenvalue weighted by Crippen LogP contribution is 2.42. The summed E-state index contributed by atoms with van der Waals surface area (Å²) in [6.07, 6.45) is 0.980. The average Bonchev–Trinajstić information content (AvgIpc) is 3.41. The van der Waals surface area contributed by atoms with Crippen molar-refractivity contribution in [1.82, 2.24) is 10.2 Å². The first-order valence-electron chi connectivity index (χ1n) is 8.30. The number of nitrogens with zero attached hydrogens (tertiary/aromatic N) is 2. The number of hydrogen-bond acceptors (Lipinski definition) is 6. The SMILES string of the molecule is C[C@H](OC(=O)CN1C(=O)N[C@@](C)(C2CC2)C1=O)c1cccc([N+](=O)[O-])c1.